The summed E-state index contributed by atoms with van der Waals surface area (Å²) >= 11 is 0. The van der Waals surface area contributed by atoms with Gasteiger partial charge in [-0.25, -0.2) is 4.79 Å². The van der Waals surface area contributed by atoms with E-state index in [1.54, 1.807) is 20.8 Å². The molecule has 1 aliphatic heterocycles. The van der Waals surface area contributed by atoms with Gasteiger partial charge in [-0.1, -0.05) is 60.2 Å². The van der Waals surface area contributed by atoms with E-state index in [0.29, 0.717) is 0 Å². The fourth-order valence-electron chi connectivity index (χ4n) is 4.47. The molecule has 192 valence electrons. The molecular formula is C27H33N3O6. The molecule has 1 aliphatic rings. The molecule has 2 aromatic rings. The molecule has 0 unspecified atom stereocenters. The molecular weight excluding hydrogens is 462 g/mol. The quantitative estimate of drug-likeness (QED) is 0.565. The Morgan fingerprint density at radius 1 is 1.03 bits per heavy atom. The Kier molecular flexibility index (Phi) is 8.34. The minimum Gasteiger partial charge on any atom is -0.468 e. The second-order valence-electron chi connectivity index (χ2n) is 9.29. The number of benzene rings is 2. The molecule has 0 spiro atoms. The van der Waals surface area contributed by atoms with Crippen molar-refractivity contribution >= 4 is 23.9 Å². The van der Waals surface area contributed by atoms with Gasteiger partial charge in [0.25, 0.3) is 0 Å². The van der Waals surface area contributed by atoms with E-state index in [4.69, 9.17) is 4.74 Å². The van der Waals surface area contributed by atoms with Crippen molar-refractivity contribution in [1.82, 2.24) is 15.1 Å². The number of nitrogens with zero attached hydrogens (tertiary/aromatic N) is 2. The summed E-state index contributed by atoms with van der Waals surface area (Å²) in [6.45, 7) is 6.70. The number of esters is 1. The molecule has 2 aromatic carbocycles. The van der Waals surface area contributed by atoms with Crippen LogP contribution in [0.15, 0.2) is 54.6 Å². The highest BCUT2D eigenvalue weighted by Gasteiger charge is 2.56. The normalized spacial score (nSPS) is 17.5. The molecule has 9 nitrogen and oxygen atoms in total. The Balaban J connectivity index is 1.87. The molecule has 9 heteroatoms. The van der Waals surface area contributed by atoms with Gasteiger partial charge in [0, 0.05) is 6.42 Å². The maximum Gasteiger partial charge on any atom is 0.412 e. The van der Waals surface area contributed by atoms with E-state index in [2.05, 4.69) is 10.1 Å². The fourth-order valence-corrected chi connectivity index (χ4v) is 4.47. The largest absolute Gasteiger partial charge is 0.468 e. The second kappa shape index (κ2) is 11.2. The summed E-state index contributed by atoms with van der Waals surface area (Å²) in [7, 11) is 1.23. The lowest BCUT2D eigenvalue weighted by molar-refractivity contribution is -0.145. The summed E-state index contributed by atoms with van der Waals surface area (Å²) in [5.41, 5.74) is 1.53. The van der Waals surface area contributed by atoms with Crippen molar-refractivity contribution in [3.8, 4) is 0 Å². The Labute approximate surface area is 211 Å². The van der Waals surface area contributed by atoms with Gasteiger partial charge in [-0.05, 0) is 38.8 Å². The first-order chi connectivity index (χ1) is 17.1. The number of hydrogen-bond acceptors (Lipinski definition) is 6. The van der Waals surface area contributed by atoms with Crippen molar-refractivity contribution in [2.75, 3.05) is 13.7 Å². The lowest BCUT2D eigenvalue weighted by Crippen LogP contribution is -2.59. The molecule has 0 radical (unpaired) electrons. The van der Waals surface area contributed by atoms with Crippen LogP contribution < -0.4 is 5.32 Å². The minimum atomic E-state index is -1.18. The Bertz CT molecular complexity index is 1100. The maximum absolute atomic E-state index is 13.5. The Morgan fingerprint density at radius 3 is 2.28 bits per heavy atom. The van der Waals surface area contributed by atoms with Crippen LogP contribution >= 0.6 is 0 Å². The van der Waals surface area contributed by atoms with E-state index < -0.39 is 35.7 Å². The summed E-state index contributed by atoms with van der Waals surface area (Å²) < 4.78 is 10.2. The zero-order valence-electron chi connectivity index (χ0n) is 21.3. The average molecular weight is 496 g/mol. The number of nitrogens with one attached hydrogen (secondary N) is 1. The van der Waals surface area contributed by atoms with E-state index in [-0.39, 0.29) is 25.5 Å². The summed E-state index contributed by atoms with van der Waals surface area (Å²) in [6, 6.07) is 15.0. The maximum atomic E-state index is 13.5. The summed E-state index contributed by atoms with van der Waals surface area (Å²) in [4.78, 5) is 54.4. The highest BCUT2D eigenvalue weighted by molar-refractivity contribution is 5.95. The molecule has 36 heavy (non-hydrogen) atoms. The van der Waals surface area contributed by atoms with Gasteiger partial charge in [-0.3, -0.25) is 19.3 Å². The van der Waals surface area contributed by atoms with Crippen LogP contribution in [0.25, 0.3) is 0 Å². The van der Waals surface area contributed by atoms with E-state index in [0.717, 1.165) is 16.7 Å². The van der Waals surface area contributed by atoms with Crippen LogP contribution in [0.3, 0.4) is 0 Å². The van der Waals surface area contributed by atoms with Gasteiger partial charge in [-0.2, -0.15) is 0 Å². The predicted molar refractivity (Wildman–Crippen MR) is 133 cm³/mol. The molecule has 1 saturated heterocycles. The van der Waals surface area contributed by atoms with Crippen molar-refractivity contribution in [2.45, 2.75) is 58.5 Å². The third-order valence-corrected chi connectivity index (χ3v) is 6.36. The predicted octanol–water partition coefficient (Wildman–Crippen LogP) is 2.80. The van der Waals surface area contributed by atoms with Gasteiger partial charge < -0.3 is 19.7 Å². The molecule has 2 atom stereocenters. The third kappa shape index (κ3) is 5.84. The monoisotopic (exact) mass is 495 g/mol. The van der Waals surface area contributed by atoms with Crippen LogP contribution in [0.1, 0.15) is 37.5 Å². The number of rotatable bonds is 8. The first kappa shape index (κ1) is 26.7. The van der Waals surface area contributed by atoms with Gasteiger partial charge >= 0.3 is 12.1 Å². The van der Waals surface area contributed by atoms with Crippen molar-refractivity contribution < 1.29 is 28.7 Å². The van der Waals surface area contributed by atoms with E-state index in [1.807, 2.05) is 61.5 Å². The molecule has 0 bridgehead atoms. The molecule has 3 rings (SSSR count). The van der Waals surface area contributed by atoms with Gasteiger partial charge in [0.15, 0.2) is 0 Å². The molecule has 0 saturated carbocycles. The Morgan fingerprint density at radius 2 is 1.67 bits per heavy atom. The highest BCUT2D eigenvalue weighted by Crippen LogP contribution is 2.35. The van der Waals surface area contributed by atoms with Crippen molar-refractivity contribution in [2.24, 2.45) is 0 Å². The summed E-state index contributed by atoms with van der Waals surface area (Å²) in [5, 5.41) is 2.56. The topological polar surface area (TPSA) is 105 Å². The van der Waals surface area contributed by atoms with Gasteiger partial charge in [0.05, 0.1) is 7.11 Å². The third-order valence-electron chi connectivity index (χ3n) is 6.36. The van der Waals surface area contributed by atoms with Crippen LogP contribution in [-0.2, 0) is 36.9 Å². The van der Waals surface area contributed by atoms with Crippen LogP contribution in [-0.4, -0.2) is 65.1 Å². The number of methoxy groups -OCH3 is 1. The number of ether oxygens (including phenoxy) is 2. The minimum absolute atomic E-state index is 0.0551. The van der Waals surface area contributed by atoms with Gasteiger partial charge in [-0.15, -0.1) is 0 Å². The first-order valence-electron chi connectivity index (χ1n) is 11.8. The number of carbonyl (C=O) groups is 4. The van der Waals surface area contributed by atoms with Crippen LogP contribution in [0, 0.1) is 6.92 Å². The van der Waals surface area contributed by atoms with Gasteiger partial charge in [0.2, 0.25) is 11.8 Å². The van der Waals surface area contributed by atoms with E-state index in [9.17, 15) is 19.2 Å². The smallest absolute Gasteiger partial charge is 0.412 e. The van der Waals surface area contributed by atoms with Crippen LogP contribution in [0.4, 0.5) is 4.79 Å². The molecule has 1 N–H and O–H groups in total. The standard InChI is InChI=1S/C27H33N3O6/c1-18-11-13-20(14-12-18)15-22(24(32)28-16-23(31)35-5)30-25(33)19(2)29(27(30,3)4)26(34)36-17-21-9-7-6-8-10-21/h6-14,19,22H,15-17H2,1-5H3,(H,28,32)/t19-,22-/m0/s1. The lowest BCUT2D eigenvalue weighted by Gasteiger charge is -2.41. The molecule has 0 aromatic heterocycles. The zero-order chi connectivity index (χ0) is 26.5. The molecule has 1 heterocycles. The highest BCUT2D eigenvalue weighted by atomic mass is 16.6. The fraction of sp³-hybridized carbons (Fsp3) is 0.407. The Hall–Kier alpha value is -3.88. The zero-order valence-corrected chi connectivity index (χ0v) is 21.3. The molecule has 0 aliphatic carbocycles. The van der Waals surface area contributed by atoms with Crippen LogP contribution in [0.2, 0.25) is 0 Å². The molecule has 3 amide bonds. The SMILES string of the molecule is COC(=O)CNC(=O)[C@H](Cc1ccc(C)cc1)N1C(=O)[C@H](C)N(C(=O)OCc2ccccc2)C1(C)C. The van der Waals surface area contributed by atoms with Crippen molar-refractivity contribution in [1.29, 1.82) is 0 Å². The average Bonchev–Trinajstić information content (AvgIpc) is 3.04. The van der Waals surface area contributed by atoms with Gasteiger partial charge in [0.1, 0.15) is 30.9 Å². The van der Waals surface area contributed by atoms with E-state index in [1.165, 1.54) is 16.9 Å². The van der Waals surface area contributed by atoms with Crippen molar-refractivity contribution in [3.05, 3.63) is 71.3 Å². The number of amides is 3. The summed E-state index contributed by atoms with van der Waals surface area (Å²) in [5.74, 6) is -1.51. The molecule has 1 fully saturated rings. The number of carbonyl (C=O) groups excluding carboxylic acids is 4. The van der Waals surface area contributed by atoms with Crippen LogP contribution in [0.5, 0.6) is 0 Å². The number of aryl methyl sites for hydroxylation is 1. The van der Waals surface area contributed by atoms with Crippen molar-refractivity contribution in [3.63, 3.8) is 0 Å². The summed E-state index contributed by atoms with van der Waals surface area (Å²) in [6.07, 6.45) is -0.460. The number of hydrogen-bond donors (Lipinski definition) is 1. The lowest BCUT2D eigenvalue weighted by atomic mass is 10.00. The second-order valence-corrected chi connectivity index (χ2v) is 9.29. The van der Waals surface area contributed by atoms with E-state index >= 15 is 0 Å². The first-order valence-corrected chi connectivity index (χ1v) is 11.8.